The number of benzene rings is 1. The predicted molar refractivity (Wildman–Crippen MR) is 64.5 cm³/mol. The Labute approximate surface area is 109 Å². The Kier molecular flexibility index (Phi) is 4.97. The van der Waals surface area contributed by atoms with Gasteiger partial charge in [-0.2, -0.15) is 0 Å². The normalized spacial score (nSPS) is 13.7. The van der Waals surface area contributed by atoms with E-state index in [1.807, 2.05) is 0 Å². The van der Waals surface area contributed by atoms with Crippen LogP contribution in [0.4, 0.5) is 8.78 Å². The van der Waals surface area contributed by atoms with Crippen LogP contribution in [0.2, 0.25) is 0 Å². The maximum Gasteiger partial charge on any atom is 0.308 e. The van der Waals surface area contributed by atoms with Crippen LogP contribution < -0.4 is 5.32 Å². The number of aliphatic carboxylic acids is 1. The van der Waals surface area contributed by atoms with Crippen LogP contribution in [-0.4, -0.2) is 23.0 Å². The number of rotatable bonds is 5. The average Bonchev–Trinajstić information content (AvgIpc) is 2.31. The lowest BCUT2D eigenvalue weighted by Gasteiger charge is -2.17. The van der Waals surface area contributed by atoms with Crippen molar-refractivity contribution in [1.29, 1.82) is 0 Å². The molecular formula is C13H15F2NO3. The molecule has 0 aromatic heterocycles. The molecule has 0 heterocycles. The molecule has 0 aliphatic heterocycles. The first kappa shape index (κ1) is 15.1. The van der Waals surface area contributed by atoms with Gasteiger partial charge in [0, 0.05) is 12.1 Å². The van der Waals surface area contributed by atoms with Crippen molar-refractivity contribution in [2.75, 3.05) is 0 Å². The number of carboxylic acids is 1. The highest BCUT2D eigenvalue weighted by Crippen LogP contribution is 2.10. The van der Waals surface area contributed by atoms with Gasteiger partial charge in [0.05, 0.1) is 12.3 Å². The molecule has 2 N–H and O–H groups in total. The Morgan fingerprint density at radius 3 is 2.47 bits per heavy atom. The van der Waals surface area contributed by atoms with Gasteiger partial charge in [0.15, 0.2) is 0 Å². The van der Waals surface area contributed by atoms with Crippen LogP contribution in [0.5, 0.6) is 0 Å². The second-order valence-electron chi connectivity index (χ2n) is 4.40. The largest absolute Gasteiger partial charge is 0.481 e. The van der Waals surface area contributed by atoms with Crippen molar-refractivity contribution in [2.24, 2.45) is 5.92 Å². The minimum Gasteiger partial charge on any atom is -0.481 e. The Bertz CT molecular complexity index is 491. The molecule has 0 spiro atoms. The van der Waals surface area contributed by atoms with Crippen LogP contribution in [-0.2, 0) is 16.0 Å². The van der Waals surface area contributed by atoms with E-state index in [-0.39, 0.29) is 12.0 Å². The van der Waals surface area contributed by atoms with Crippen molar-refractivity contribution >= 4 is 11.9 Å². The van der Waals surface area contributed by atoms with Crippen LogP contribution in [0.3, 0.4) is 0 Å². The average molecular weight is 271 g/mol. The summed E-state index contributed by atoms with van der Waals surface area (Å²) in [5.74, 6) is -3.79. The fourth-order valence-electron chi connectivity index (χ4n) is 1.48. The summed E-state index contributed by atoms with van der Waals surface area (Å²) in [5.41, 5.74) is 0.0640. The summed E-state index contributed by atoms with van der Waals surface area (Å²) in [5, 5.41) is 11.2. The molecule has 1 rings (SSSR count). The van der Waals surface area contributed by atoms with Gasteiger partial charge in [-0.15, -0.1) is 0 Å². The van der Waals surface area contributed by atoms with Gasteiger partial charge in [-0.05, 0) is 25.5 Å². The second kappa shape index (κ2) is 6.26. The quantitative estimate of drug-likeness (QED) is 0.857. The van der Waals surface area contributed by atoms with E-state index in [0.717, 1.165) is 6.07 Å². The summed E-state index contributed by atoms with van der Waals surface area (Å²) in [4.78, 5) is 22.3. The van der Waals surface area contributed by atoms with Crippen LogP contribution in [0.25, 0.3) is 0 Å². The summed E-state index contributed by atoms with van der Waals surface area (Å²) < 4.78 is 26.0. The SMILES string of the molecule is CC(NC(=O)Cc1ccc(F)cc1F)C(C)C(=O)O. The molecule has 2 atom stereocenters. The van der Waals surface area contributed by atoms with Crippen molar-refractivity contribution in [3.63, 3.8) is 0 Å². The first-order chi connectivity index (χ1) is 8.81. The molecule has 0 bridgehead atoms. The van der Waals surface area contributed by atoms with E-state index in [1.54, 1.807) is 6.92 Å². The van der Waals surface area contributed by atoms with Crippen LogP contribution >= 0.6 is 0 Å². The van der Waals surface area contributed by atoms with Gasteiger partial charge in [0.25, 0.3) is 0 Å². The summed E-state index contributed by atoms with van der Waals surface area (Å²) in [7, 11) is 0. The number of hydrogen-bond acceptors (Lipinski definition) is 2. The van der Waals surface area contributed by atoms with Crippen molar-refractivity contribution in [3.05, 3.63) is 35.4 Å². The third-order valence-corrected chi connectivity index (χ3v) is 2.89. The van der Waals surface area contributed by atoms with Crippen molar-refractivity contribution in [1.82, 2.24) is 5.32 Å². The molecule has 19 heavy (non-hydrogen) atoms. The van der Waals surface area contributed by atoms with E-state index in [4.69, 9.17) is 5.11 Å². The van der Waals surface area contributed by atoms with Gasteiger partial charge in [-0.1, -0.05) is 6.07 Å². The third-order valence-electron chi connectivity index (χ3n) is 2.89. The zero-order valence-electron chi connectivity index (χ0n) is 10.6. The minimum absolute atomic E-state index is 0.0640. The molecule has 1 amide bonds. The van der Waals surface area contributed by atoms with Crippen LogP contribution in [0.15, 0.2) is 18.2 Å². The van der Waals surface area contributed by atoms with Gasteiger partial charge in [-0.3, -0.25) is 9.59 Å². The van der Waals surface area contributed by atoms with Gasteiger partial charge >= 0.3 is 5.97 Å². The monoisotopic (exact) mass is 271 g/mol. The molecule has 6 heteroatoms. The molecule has 2 unspecified atom stereocenters. The highest BCUT2D eigenvalue weighted by molar-refractivity contribution is 5.80. The predicted octanol–water partition coefficient (Wildman–Crippen LogP) is 1.73. The zero-order chi connectivity index (χ0) is 14.6. The number of carbonyl (C=O) groups is 2. The van der Waals surface area contributed by atoms with Crippen LogP contribution in [0.1, 0.15) is 19.4 Å². The molecule has 1 aromatic carbocycles. The Morgan fingerprint density at radius 1 is 1.32 bits per heavy atom. The molecule has 1 aromatic rings. The fourth-order valence-corrected chi connectivity index (χ4v) is 1.48. The smallest absolute Gasteiger partial charge is 0.308 e. The van der Waals surface area contributed by atoms with Gasteiger partial charge in [0.1, 0.15) is 11.6 Å². The first-order valence-corrected chi connectivity index (χ1v) is 5.77. The van der Waals surface area contributed by atoms with Crippen molar-refractivity contribution in [3.8, 4) is 0 Å². The molecule has 0 radical (unpaired) electrons. The lowest BCUT2D eigenvalue weighted by atomic mass is 10.0. The molecule has 0 saturated carbocycles. The standard InChI is InChI=1S/C13H15F2NO3/c1-7(13(18)19)8(2)16-12(17)5-9-3-4-10(14)6-11(9)15/h3-4,6-8H,5H2,1-2H3,(H,16,17)(H,18,19). The van der Waals surface area contributed by atoms with Crippen molar-refractivity contribution < 1.29 is 23.5 Å². The minimum atomic E-state index is -1.03. The number of halogens is 2. The summed E-state index contributed by atoms with van der Waals surface area (Å²) in [6.07, 6.45) is -0.261. The van der Waals surface area contributed by atoms with Gasteiger partial charge in [-0.25, -0.2) is 8.78 Å². The molecule has 0 fully saturated rings. The Morgan fingerprint density at radius 2 is 1.95 bits per heavy atom. The topological polar surface area (TPSA) is 66.4 Å². The molecule has 0 aliphatic rings. The van der Waals surface area contributed by atoms with E-state index >= 15 is 0 Å². The zero-order valence-corrected chi connectivity index (χ0v) is 10.6. The third kappa shape index (κ3) is 4.31. The Hall–Kier alpha value is -1.98. The van der Waals surface area contributed by atoms with Gasteiger partial charge < -0.3 is 10.4 Å². The maximum atomic E-state index is 13.3. The molecule has 104 valence electrons. The van der Waals surface area contributed by atoms with E-state index in [1.165, 1.54) is 13.0 Å². The first-order valence-electron chi connectivity index (χ1n) is 5.77. The second-order valence-corrected chi connectivity index (χ2v) is 4.40. The van der Waals surface area contributed by atoms with E-state index in [9.17, 15) is 18.4 Å². The number of hydrogen-bond donors (Lipinski definition) is 2. The van der Waals surface area contributed by atoms with E-state index in [2.05, 4.69) is 5.32 Å². The maximum absolute atomic E-state index is 13.3. The molecular weight excluding hydrogens is 256 g/mol. The number of carboxylic acid groups (broad SMARTS) is 1. The summed E-state index contributed by atoms with van der Waals surface area (Å²) in [6, 6.07) is 2.38. The lowest BCUT2D eigenvalue weighted by molar-refractivity contribution is -0.142. The number of amides is 1. The highest BCUT2D eigenvalue weighted by atomic mass is 19.1. The summed E-state index contributed by atoms with van der Waals surface area (Å²) >= 11 is 0. The van der Waals surface area contributed by atoms with E-state index in [0.29, 0.717) is 6.07 Å². The van der Waals surface area contributed by atoms with Crippen LogP contribution in [0, 0.1) is 17.6 Å². The van der Waals surface area contributed by atoms with E-state index < -0.39 is 35.5 Å². The molecule has 0 saturated heterocycles. The van der Waals surface area contributed by atoms with Crippen molar-refractivity contribution in [2.45, 2.75) is 26.3 Å². The van der Waals surface area contributed by atoms with Gasteiger partial charge in [0.2, 0.25) is 5.91 Å². The fraction of sp³-hybridized carbons (Fsp3) is 0.385. The lowest BCUT2D eigenvalue weighted by Crippen LogP contribution is -2.40. The summed E-state index contributed by atoms with van der Waals surface area (Å²) in [6.45, 7) is 3.02. The number of carbonyl (C=O) groups excluding carboxylic acids is 1. The molecule has 4 nitrogen and oxygen atoms in total. The number of nitrogens with one attached hydrogen (secondary N) is 1. The molecule has 0 aliphatic carbocycles. The highest BCUT2D eigenvalue weighted by Gasteiger charge is 2.21. The Balaban J connectivity index is 2.63.